The maximum atomic E-state index is 12.8. The molecular weight excluding hydrogens is 781 g/mol. The smallest absolute Gasteiger partial charge is 0.306 e. The molecule has 0 saturated carbocycles. The second-order valence-electron chi connectivity index (χ2n) is 17.4. The van der Waals surface area contributed by atoms with Crippen LogP contribution in [0, 0.1) is 0 Å². The van der Waals surface area contributed by atoms with Crippen LogP contribution < -0.4 is 0 Å². The largest absolute Gasteiger partial charge is 0.462 e. The highest BCUT2D eigenvalue weighted by atomic mass is 16.6. The number of hydrogen-bond donors (Lipinski definition) is 0. The van der Waals surface area contributed by atoms with Gasteiger partial charge in [0.15, 0.2) is 6.10 Å². The van der Waals surface area contributed by atoms with Crippen molar-refractivity contribution in [2.75, 3.05) is 13.2 Å². The molecule has 0 aliphatic heterocycles. The number of carbonyl (C=O) groups is 3. The molecule has 0 radical (unpaired) electrons. The van der Waals surface area contributed by atoms with Crippen LogP contribution >= 0.6 is 0 Å². The SMILES string of the molecule is CC/C=C\C/C=C\C/C=C\C/C=C\C/C=C\CCC(=O)OC(COC(=O)CCCCCCCCC/C=C\CCCCCCCC)COC(=O)CCCCCCCCCCCCCC. The molecule has 0 aromatic heterocycles. The molecule has 0 N–H and O–H groups in total. The summed E-state index contributed by atoms with van der Waals surface area (Å²) in [6.45, 7) is 6.46. The van der Waals surface area contributed by atoms with Gasteiger partial charge in [-0.05, 0) is 77.0 Å². The molecule has 0 heterocycles. The summed E-state index contributed by atoms with van der Waals surface area (Å²) < 4.78 is 16.7. The van der Waals surface area contributed by atoms with Gasteiger partial charge in [0.2, 0.25) is 0 Å². The molecule has 6 heteroatoms. The van der Waals surface area contributed by atoms with Crippen LogP contribution in [-0.2, 0) is 28.6 Å². The Morgan fingerprint density at radius 2 is 0.651 bits per heavy atom. The number of hydrogen-bond acceptors (Lipinski definition) is 6. The van der Waals surface area contributed by atoms with Crippen molar-refractivity contribution in [1.82, 2.24) is 0 Å². The van der Waals surface area contributed by atoms with Crippen LogP contribution in [0.4, 0.5) is 0 Å². The molecule has 0 spiro atoms. The fraction of sp³-hybridized carbons (Fsp3) is 0.737. The number of ether oxygens (including phenoxy) is 3. The van der Waals surface area contributed by atoms with Gasteiger partial charge in [-0.2, -0.15) is 0 Å². The predicted molar refractivity (Wildman–Crippen MR) is 270 cm³/mol. The average Bonchev–Trinajstić information content (AvgIpc) is 3.28. The molecular formula is C57H98O6. The first-order valence-electron chi connectivity index (χ1n) is 26.4. The normalized spacial score (nSPS) is 12.6. The van der Waals surface area contributed by atoms with Crippen molar-refractivity contribution < 1.29 is 28.6 Å². The van der Waals surface area contributed by atoms with Crippen molar-refractivity contribution in [3.63, 3.8) is 0 Å². The maximum absolute atomic E-state index is 12.8. The molecule has 0 bridgehead atoms. The van der Waals surface area contributed by atoms with E-state index in [1.807, 2.05) is 12.2 Å². The highest BCUT2D eigenvalue weighted by Crippen LogP contribution is 2.15. The van der Waals surface area contributed by atoms with Crippen LogP contribution in [0.15, 0.2) is 72.9 Å². The molecule has 1 atom stereocenters. The van der Waals surface area contributed by atoms with Crippen LogP contribution in [0.1, 0.15) is 252 Å². The first-order chi connectivity index (χ1) is 31.0. The Morgan fingerprint density at radius 1 is 0.333 bits per heavy atom. The summed E-state index contributed by atoms with van der Waals surface area (Å²) in [5.74, 6) is -0.989. The van der Waals surface area contributed by atoms with Crippen LogP contribution in [0.3, 0.4) is 0 Å². The lowest BCUT2D eigenvalue weighted by atomic mass is 10.0. The van der Waals surface area contributed by atoms with E-state index in [-0.39, 0.29) is 31.6 Å². The summed E-state index contributed by atoms with van der Waals surface area (Å²) >= 11 is 0. The highest BCUT2D eigenvalue weighted by molar-refractivity contribution is 5.71. The number of unbranched alkanes of at least 4 members (excludes halogenated alkanes) is 24. The van der Waals surface area contributed by atoms with E-state index < -0.39 is 12.1 Å². The fourth-order valence-electron chi connectivity index (χ4n) is 7.25. The first-order valence-corrected chi connectivity index (χ1v) is 26.4. The van der Waals surface area contributed by atoms with E-state index in [9.17, 15) is 14.4 Å². The second kappa shape index (κ2) is 51.5. The van der Waals surface area contributed by atoms with Crippen LogP contribution in [-0.4, -0.2) is 37.2 Å². The molecule has 0 amide bonds. The maximum Gasteiger partial charge on any atom is 0.306 e. The molecule has 0 saturated heterocycles. The van der Waals surface area contributed by atoms with Gasteiger partial charge in [0, 0.05) is 19.3 Å². The Labute approximate surface area is 389 Å². The lowest BCUT2D eigenvalue weighted by Crippen LogP contribution is -2.30. The number of rotatable bonds is 47. The molecule has 1 unspecified atom stereocenters. The van der Waals surface area contributed by atoms with E-state index in [4.69, 9.17) is 14.2 Å². The van der Waals surface area contributed by atoms with Gasteiger partial charge in [-0.25, -0.2) is 0 Å². The van der Waals surface area contributed by atoms with Gasteiger partial charge in [-0.3, -0.25) is 14.4 Å². The van der Waals surface area contributed by atoms with Crippen molar-refractivity contribution in [1.29, 1.82) is 0 Å². The Hall–Kier alpha value is -3.15. The molecule has 362 valence electrons. The van der Waals surface area contributed by atoms with E-state index >= 15 is 0 Å². The Kier molecular flexibility index (Phi) is 48.9. The molecule has 0 rings (SSSR count). The van der Waals surface area contributed by atoms with Crippen LogP contribution in [0.25, 0.3) is 0 Å². The van der Waals surface area contributed by atoms with Crippen molar-refractivity contribution in [3.8, 4) is 0 Å². The number of carbonyl (C=O) groups excluding carboxylic acids is 3. The van der Waals surface area contributed by atoms with Gasteiger partial charge in [0.05, 0.1) is 0 Å². The lowest BCUT2D eigenvalue weighted by molar-refractivity contribution is -0.166. The summed E-state index contributed by atoms with van der Waals surface area (Å²) in [5.41, 5.74) is 0. The van der Waals surface area contributed by atoms with E-state index in [0.717, 1.165) is 70.6 Å². The summed E-state index contributed by atoms with van der Waals surface area (Å²) in [5, 5.41) is 0. The zero-order valence-corrected chi connectivity index (χ0v) is 41.3. The first kappa shape index (κ1) is 59.9. The van der Waals surface area contributed by atoms with Crippen LogP contribution in [0.2, 0.25) is 0 Å². The molecule has 63 heavy (non-hydrogen) atoms. The minimum absolute atomic E-state index is 0.104. The fourth-order valence-corrected chi connectivity index (χ4v) is 7.25. The van der Waals surface area contributed by atoms with Crippen LogP contribution in [0.5, 0.6) is 0 Å². The van der Waals surface area contributed by atoms with Crippen molar-refractivity contribution >= 4 is 17.9 Å². The topological polar surface area (TPSA) is 78.9 Å². The molecule has 0 aromatic carbocycles. The third kappa shape index (κ3) is 49.7. The van der Waals surface area contributed by atoms with Crippen molar-refractivity contribution in [2.24, 2.45) is 0 Å². The molecule has 0 fully saturated rings. The average molecular weight is 879 g/mol. The zero-order chi connectivity index (χ0) is 45.8. The number of allylic oxidation sites excluding steroid dienone is 12. The Morgan fingerprint density at radius 3 is 1.03 bits per heavy atom. The monoisotopic (exact) mass is 879 g/mol. The van der Waals surface area contributed by atoms with E-state index in [0.29, 0.717) is 19.3 Å². The lowest BCUT2D eigenvalue weighted by Gasteiger charge is -2.18. The summed E-state index contributed by atoms with van der Waals surface area (Å²) in [7, 11) is 0. The van der Waals surface area contributed by atoms with Gasteiger partial charge in [-0.1, -0.05) is 229 Å². The van der Waals surface area contributed by atoms with E-state index in [1.165, 1.54) is 135 Å². The quantitative estimate of drug-likeness (QED) is 0.0262. The third-order valence-corrected chi connectivity index (χ3v) is 11.2. The third-order valence-electron chi connectivity index (χ3n) is 11.2. The summed E-state index contributed by atoms with van der Waals surface area (Å²) in [6.07, 6.45) is 64.7. The van der Waals surface area contributed by atoms with Crippen molar-refractivity contribution in [3.05, 3.63) is 72.9 Å². The molecule has 6 nitrogen and oxygen atoms in total. The summed E-state index contributed by atoms with van der Waals surface area (Å²) in [6, 6.07) is 0. The van der Waals surface area contributed by atoms with E-state index in [2.05, 4.69) is 81.5 Å². The van der Waals surface area contributed by atoms with Gasteiger partial charge < -0.3 is 14.2 Å². The minimum Gasteiger partial charge on any atom is -0.462 e. The minimum atomic E-state index is -0.814. The summed E-state index contributed by atoms with van der Waals surface area (Å²) in [4.78, 5) is 38.0. The van der Waals surface area contributed by atoms with Crippen molar-refractivity contribution in [2.45, 2.75) is 258 Å². The zero-order valence-electron chi connectivity index (χ0n) is 41.3. The van der Waals surface area contributed by atoms with Gasteiger partial charge in [0.25, 0.3) is 0 Å². The molecule has 0 aliphatic carbocycles. The Bertz CT molecular complexity index is 1190. The highest BCUT2D eigenvalue weighted by Gasteiger charge is 2.19. The van der Waals surface area contributed by atoms with Gasteiger partial charge in [0.1, 0.15) is 13.2 Å². The van der Waals surface area contributed by atoms with Gasteiger partial charge in [-0.15, -0.1) is 0 Å². The molecule has 0 aliphatic rings. The van der Waals surface area contributed by atoms with Gasteiger partial charge >= 0.3 is 17.9 Å². The second-order valence-corrected chi connectivity index (χ2v) is 17.4. The number of esters is 3. The Balaban J connectivity index is 4.47. The standard InChI is InChI=1S/C57H98O6/c1-4-7-10-13-16-19-22-25-27-29-31-32-35-38-41-44-47-50-56(59)62-53-54(52-61-55(58)49-46-43-40-37-34-24-21-18-15-12-9-6-3)63-57(60)51-48-45-42-39-36-33-30-28-26-23-20-17-14-11-8-5-2/h8,11,17,20,25-28,33,36,42,45,54H,4-7,9-10,12-16,18-19,21-24,29-32,34-35,37-41,43-44,46-53H2,1-3H3/b11-8-,20-17-,27-25-,28-26-,36-33-,45-42-. The van der Waals surface area contributed by atoms with E-state index in [1.54, 1.807) is 0 Å². The predicted octanol–water partition coefficient (Wildman–Crippen LogP) is 17.4. The molecule has 0 aromatic rings.